The fourth-order valence-electron chi connectivity index (χ4n) is 3.90. The van der Waals surface area contributed by atoms with Crippen molar-refractivity contribution in [3.63, 3.8) is 0 Å². The van der Waals surface area contributed by atoms with Crippen LogP contribution >= 0.6 is 0 Å². The standard InChI is InChI=1S/C26H30N4O2/c1-20-5-4-13-27-25(20)19-22-8-10-24(11-9-22)32-26(31)30-17-15-29(16-18-30)14-12-23-7-3-6-21(2)28-23/h3-11,13H,12,14-19H2,1-2H3. The average molecular weight is 431 g/mol. The predicted octanol–water partition coefficient (Wildman–Crippen LogP) is 4.04. The third-order valence-electron chi connectivity index (χ3n) is 5.88. The normalized spacial score (nSPS) is 14.4. The minimum absolute atomic E-state index is 0.279. The van der Waals surface area contributed by atoms with Crippen LogP contribution in [0, 0.1) is 13.8 Å². The van der Waals surface area contributed by atoms with Crippen molar-refractivity contribution in [2.24, 2.45) is 0 Å². The lowest BCUT2D eigenvalue weighted by Gasteiger charge is -2.33. The number of benzene rings is 1. The fourth-order valence-corrected chi connectivity index (χ4v) is 3.90. The summed E-state index contributed by atoms with van der Waals surface area (Å²) in [6, 6.07) is 17.9. The van der Waals surface area contributed by atoms with Crippen LogP contribution in [0.15, 0.2) is 60.8 Å². The van der Waals surface area contributed by atoms with Crippen LogP contribution in [-0.2, 0) is 12.8 Å². The topological polar surface area (TPSA) is 58.6 Å². The zero-order valence-corrected chi connectivity index (χ0v) is 18.8. The van der Waals surface area contributed by atoms with Crippen molar-refractivity contribution < 1.29 is 9.53 Å². The number of aryl methyl sites for hydroxylation is 2. The minimum Gasteiger partial charge on any atom is -0.410 e. The van der Waals surface area contributed by atoms with E-state index >= 15 is 0 Å². The molecule has 32 heavy (non-hydrogen) atoms. The van der Waals surface area contributed by atoms with Gasteiger partial charge in [-0.15, -0.1) is 0 Å². The van der Waals surface area contributed by atoms with Crippen LogP contribution in [0.25, 0.3) is 0 Å². The van der Waals surface area contributed by atoms with Crippen molar-refractivity contribution in [1.29, 1.82) is 0 Å². The Bertz CT molecular complexity index is 1040. The molecule has 6 heteroatoms. The molecule has 166 valence electrons. The number of carbonyl (C=O) groups is 1. The average Bonchev–Trinajstić information content (AvgIpc) is 2.81. The molecule has 1 fully saturated rings. The summed E-state index contributed by atoms with van der Waals surface area (Å²) in [4.78, 5) is 25.8. The Morgan fingerprint density at radius 1 is 0.969 bits per heavy atom. The van der Waals surface area contributed by atoms with Gasteiger partial charge < -0.3 is 9.64 Å². The highest BCUT2D eigenvalue weighted by atomic mass is 16.6. The fraction of sp³-hybridized carbons (Fsp3) is 0.346. The van der Waals surface area contributed by atoms with E-state index < -0.39 is 0 Å². The van der Waals surface area contributed by atoms with Gasteiger partial charge in [0, 0.05) is 68.8 Å². The molecule has 0 saturated carbocycles. The Kier molecular flexibility index (Phi) is 7.12. The van der Waals surface area contributed by atoms with E-state index in [4.69, 9.17) is 4.74 Å². The molecule has 1 aliphatic heterocycles. The number of hydrogen-bond donors (Lipinski definition) is 0. The van der Waals surface area contributed by atoms with Crippen LogP contribution in [0.1, 0.15) is 28.2 Å². The molecule has 3 heterocycles. The van der Waals surface area contributed by atoms with E-state index in [1.165, 1.54) is 5.56 Å². The lowest BCUT2D eigenvalue weighted by atomic mass is 10.1. The molecule has 6 nitrogen and oxygen atoms in total. The molecule has 0 N–H and O–H groups in total. The van der Waals surface area contributed by atoms with E-state index in [9.17, 15) is 4.79 Å². The highest BCUT2D eigenvalue weighted by Gasteiger charge is 2.22. The second-order valence-corrected chi connectivity index (χ2v) is 8.30. The summed E-state index contributed by atoms with van der Waals surface area (Å²) >= 11 is 0. The van der Waals surface area contributed by atoms with E-state index in [1.54, 1.807) is 4.90 Å². The molecular formula is C26H30N4O2. The summed E-state index contributed by atoms with van der Waals surface area (Å²) in [5.74, 6) is 0.574. The van der Waals surface area contributed by atoms with Gasteiger partial charge in [-0.05, 0) is 55.3 Å². The molecule has 1 aliphatic rings. The Hall–Kier alpha value is -3.25. The SMILES string of the molecule is Cc1cccc(CCN2CCN(C(=O)Oc3ccc(Cc4ncccc4C)cc3)CC2)n1. The Morgan fingerprint density at radius 3 is 2.47 bits per heavy atom. The van der Waals surface area contributed by atoms with Crippen molar-refractivity contribution in [2.45, 2.75) is 26.7 Å². The van der Waals surface area contributed by atoms with E-state index in [-0.39, 0.29) is 6.09 Å². The van der Waals surface area contributed by atoms with Gasteiger partial charge in [-0.3, -0.25) is 14.9 Å². The highest BCUT2D eigenvalue weighted by molar-refractivity contribution is 5.70. The largest absolute Gasteiger partial charge is 0.415 e. The number of pyridine rings is 2. The lowest BCUT2D eigenvalue weighted by Crippen LogP contribution is -2.49. The van der Waals surface area contributed by atoms with E-state index in [0.717, 1.165) is 55.1 Å². The smallest absolute Gasteiger partial charge is 0.410 e. The molecule has 0 atom stereocenters. The van der Waals surface area contributed by atoms with Crippen molar-refractivity contribution in [3.8, 4) is 5.75 Å². The van der Waals surface area contributed by atoms with Gasteiger partial charge in [0.1, 0.15) is 5.75 Å². The monoisotopic (exact) mass is 430 g/mol. The molecule has 2 aromatic heterocycles. The molecule has 4 rings (SSSR count). The number of aromatic nitrogens is 2. The molecule has 0 spiro atoms. The van der Waals surface area contributed by atoms with Gasteiger partial charge >= 0.3 is 6.09 Å². The maximum atomic E-state index is 12.6. The van der Waals surface area contributed by atoms with Gasteiger partial charge in [0.05, 0.1) is 0 Å². The van der Waals surface area contributed by atoms with Gasteiger partial charge in [0.2, 0.25) is 0 Å². The number of carbonyl (C=O) groups excluding carboxylic acids is 1. The molecular weight excluding hydrogens is 400 g/mol. The van der Waals surface area contributed by atoms with E-state index in [2.05, 4.69) is 40.0 Å². The molecule has 0 unspecified atom stereocenters. The first-order chi connectivity index (χ1) is 15.6. The number of hydrogen-bond acceptors (Lipinski definition) is 5. The third-order valence-corrected chi connectivity index (χ3v) is 5.88. The summed E-state index contributed by atoms with van der Waals surface area (Å²) in [6.07, 6.45) is 3.23. The predicted molar refractivity (Wildman–Crippen MR) is 125 cm³/mol. The van der Waals surface area contributed by atoms with Crippen LogP contribution in [0.2, 0.25) is 0 Å². The summed E-state index contributed by atoms with van der Waals surface area (Å²) in [7, 11) is 0. The Labute approximate surface area is 189 Å². The van der Waals surface area contributed by atoms with Gasteiger partial charge in [0.25, 0.3) is 0 Å². The van der Waals surface area contributed by atoms with Crippen molar-refractivity contribution in [1.82, 2.24) is 19.8 Å². The molecule has 3 aromatic rings. The summed E-state index contributed by atoms with van der Waals surface area (Å²) in [5.41, 5.74) is 5.55. The summed E-state index contributed by atoms with van der Waals surface area (Å²) < 4.78 is 5.60. The molecule has 0 aliphatic carbocycles. The molecule has 1 saturated heterocycles. The lowest BCUT2D eigenvalue weighted by molar-refractivity contribution is 0.111. The van der Waals surface area contributed by atoms with Crippen molar-refractivity contribution in [3.05, 3.63) is 89.0 Å². The van der Waals surface area contributed by atoms with Gasteiger partial charge in [-0.25, -0.2) is 4.79 Å². The second-order valence-electron chi connectivity index (χ2n) is 8.30. The maximum absolute atomic E-state index is 12.6. The maximum Gasteiger partial charge on any atom is 0.415 e. The molecule has 0 radical (unpaired) electrons. The summed E-state index contributed by atoms with van der Waals surface area (Å²) in [6.45, 7) is 8.10. The van der Waals surface area contributed by atoms with Gasteiger partial charge in [-0.2, -0.15) is 0 Å². The van der Waals surface area contributed by atoms with E-state index in [1.807, 2.05) is 49.5 Å². The number of nitrogens with zero attached hydrogens (tertiary/aromatic N) is 4. The van der Waals surface area contributed by atoms with Crippen LogP contribution in [0.3, 0.4) is 0 Å². The van der Waals surface area contributed by atoms with E-state index in [0.29, 0.717) is 18.8 Å². The second kappa shape index (κ2) is 10.4. The molecule has 1 amide bonds. The number of rotatable bonds is 6. The van der Waals surface area contributed by atoms with Crippen molar-refractivity contribution >= 4 is 6.09 Å². The number of amides is 1. The molecule has 0 bridgehead atoms. The van der Waals surface area contributed by atoms with Gasteiger partial charge in [0.15, 0.2) is 0 Å². The van der Waals surface area contributed by atoms with Crippen LogP contribution in [0.5, 0.6) is 5.75 Å². The van der Waals surface area contributed by atoms with Crippen molar-refractivity contribution in [2.75, 3.05) is 32.7 Å². The highest BCUT2D eigenvalue weighted by Crippen LogP contribution is 2.17. The first kappa shape index (κ1) is 22.0. The van der Waals surface area contributed by atoms with Crippen LogP contribution in [0.4, 0.5) is 4.79 Å². The Morgan fingerprint density at radius 2 is 1.75 bits per heavy atom. The minimum atomic E-state index is -0.279. The van der Waals surface area contributed by atoms with Crippen LogP contribution < -0.4 is 4.74 Å². The summed E-state index contributed by atoms with van der Waals surface area (Å²) in [5, 5.41) is 0. The molecule has 1 aromatic carbocycles. The van der Waals surface area contributed by atoms with Gasteiger partial charge in [-0.1, -0.05) is 24.3 Å². The first-order valence-electron chi connectivity index (χ1n) is 11.2. The zero-order valence-electron chi connectivity index (χ0n) is 18.8. The quantitative estimate of drug-likeness (QED) is 0.591. The number of ether oxygens (including phenoxy) is 1. The number of piperazine rings is 1. The first-order valence-corrected chi connectivity index (χ1v) is 11.2. The van der Waals surface area contributed by atoms with Crippen LogP contribution in [-0.4, -0.2) is 58.6 Å². The Balaban J connectivity index is 1.23. The third kappa shape index (κ3) is 5.92. The zero-order chi connectivity index (χ0) is 22.3.